The number of carbonyl (C=O) groups excluding carboxylic acids is 1. The van der Waals surface area contributed by atoms with Crippen LogP contribution in [-0.2, 0) is 17.5 Å². The third kappa shape index (κ3) is 4.56. The molecule has 3 aromatic heterocycles. The minimum atomic E-state index is -4.54. The van der Waals surface area contributed by atoms with Gasteiger partial charge in [0.2, 0.25) is 0 Å². The van der Waals surface area contributed by atoms with E-state index in [4.69, 9.17) is 16.3 Å². The monoisotopic (exact) mass is 478 g/mol. The fourth-order valence-electron chi connectivity index (χ4n) is 3.00. The van der Waals surface area contributed by atoms with E-state index < -0.39 is 17.7 Å². The van der Waals surface area contributed by atoms with Crippen LogP contribution in [-0.4, -0.2) is 32.6 Å². The molecule has 32 heavy (non-hydrogen) atoms. The average Bonchev–Trinajstić information content (AvgIpc) is 3.11. The Kier molecular flexibility index (Phi) is 6.07. The molecule has 0 saturated heterocycles. The van der Waals surface area contributed by atoms with E-state index in [0.717, 1.165) is 29.5 Å². The lowest BCUT2D eigenvalue weighted by Crippen LogP contribution is -2.07. The summed E-state index contributed by atoms with van der Waals surface area (Å²) in [5, 5.41) is 0.521. The van der Waals surface area contributed by atoms with Crippen molar-refractivity contribution in [2.75, 3.05) is 7.11 Å². The second-order valence-electron chi connectivity index (χ2n) is 6.61. The van der Waals surface area contributed by atoms with Crippen LogP contribution in [0.4, 0.5) is 13.2 Å². The van der Waals surface area contributed by atoms with E-state index in [1.165, 1.54) is 13.3 Å². The molecular formula is C21H14ClF3N4O2S. The predicted molar refractivity (Wildman–Crippen MR) is 113 cm³/mol. The van der Waals surface area contributed by atoms with Crippen molar-refractivity contribution in [1.29, 1.82) is 0 Å². The van der Waals surface area contributed by atoms with Gasteiger partial charge >= 0.3 is 12.1 Å². The van der Waals surface area contributed by atoms with E-state index >= 15 is 0 Å². The van der Waals surface area contributed by atoms with Gasteiger partial charge in [-0.3, -0.25) is 4.98 Å². The third-order valence-corrected chi connectivity index (χ3v) is 5.91. The number of esters is 1. The van der Waals surface area contributed by atoms with Gasteiger partial charge in [-0.2, -0.15) is 13.2 Å². The van der Waals surface area contributed by atoms with E-state index in [-0.39, 0.29) is 16.6 Å². The number of hydrogen-bond donors (Lipinski definition) is 0. The normalized spacial score (nSPS) is 11.7. The van der Waals surface area contributed by atoms with Crippen LogP contribution in [0.5, 0.6) is 0 Å². The van der Waals surface area contributed by atoms with Crippen molar-refractivity contribution in [3.63, 3.8) is 0 Å². The molecule has 164 valence electrons. The van der Waals surface area contributed by atoms with Crippen LogP contribution < -0.4 is 0 Å². The number of carbonyl (C=O) groups is 1. The average molecular weight is 479 g/mol. The molecule has 0 radical (unpaired) electrons. The first-order valence-electron chi connectivity index (χ1n) is 9.15. The minimum Gasteiger partial charge on any atom is -0.465 e. The van der Waals surface area contributed by atoms with Crippen LogP contribution in [0.3, 0.4) is 0 Å². The Labute approximate surface area is 189 Å². The molecular weight excluding hydrogens is 465 g/mol. The molecule has 4 aromatic rings. The van der Waals surface area contributed by atoms with E-state index in [9.17, 15) is 18.0 Å². The van der Waals surface area contributed by atoms with Gasteiger partial charge in [-0.05, 0) is 42.1 Å². The lowest BCUT2D eigenvalue weighted by atomic mass is 10.2. The van der Waals surface area contributed by atoms with Crippen molar-refractivity contribution >= 4 is 40.4 Å². The van der Waals surface area contributed by atoms with E-state index in [1.54, 1.807) is 12.1 Å². The highest BCUT2D eigenvalue weighted by Crippen LogP contribution is 2.37. The number of aromatic nitrogens is 4. The quantitative estimate of drug-likeness (QED) is 0.353. The summed E-state index contributed by atoms with van der Waals surface area (Å²) in [4.78, 5) is 24.6. The van der Waals surface area contributed by atoms with Crippen molar-refractivity contribution in [1.82, 2.24) is 19.5 Å². The summed E-state index contributed by atoms with van der Waals surface area (Å²) in [5.41, 5.74) is 1.46. The maximum Gasteiger partial charge on any atom is 0.417 e. The zero-order valence-corrected chi connectivity index (χ0v) is 18.0. The topological polar surface area (TPSA) is 69.9 Å². The number of methoxy groups -OCH3 is 1. The maximum absolute atomic E-state index is 12.9. The standard InChI is InChI=1S/C21H14ClF3N4O2S/c1-31-19(30)12-6-7-26-14(8-12)11-29-17-5-3-2-4-16(17)28-20(29)32-18-15(22)9-13(10-27-18)21(23,24)25/h2-10H,11H2,1H3. The summed E-state index contributed by atoms with van der Waals surface area (Å²) in [5.74, 6) is -0.487. The SMILES string of the molecule is COC(=O)c1ccnc(Cn2c(Sc3ncc(C(F)(F)F)cc3Cl)nc3ccccc32)c1. The predicted octanol–water partition coefficient (Wildman–Crippen LogP) is 5.48. The smallest absolute Gasteiger partial charge is 0.417 e. The molecule has 3 heterocycles. The molecule has 6 nitrogen and oxygen atoms in total. The largest absolute Gasteiger partial charge is 0.465 e. The zero-order valence-electron chi connectivity index (χ0n) is 16.4. The number of hydrogen-bond acceptors (Lipinski definition) is 6. The van der Waals surface area contributed by atoms with Crippen LogP contribution in [0.1, 0.15) is 21.6 Å². The Balaban J connectivity index is 1.72. The minimum absolute atomic E-state index is 0.130. The Hall–Kier alpha value is -3.11. The van der Waals surface area contributed by atoms with Gasteiger partial charge in [0, 0.05) is 12.4 Å². The molecule has 0 saturated carbocycles. The Morgan fingerprint density at radius 3 is 2.69 bits per heavy atom. The molecule has 0 aliphatic rings. The molecule has 1 aromatic carbocycles. The summed E-state index contributed by atoms with van der Waals surface area (Å²) in [6.07, 6.45) is -2.30. The first-order chi connectivity index (χ1) is 15.3. The molecule has 0 bridgehead atoms. The number of pyridine rings is 2. The van der Waals surface area contributed by atoms with Gasteiger partial charge in [0.1, 0.15) is 5.03 Å². The molecule has 0 unspecified atom stereocenters. The number of para-hydroxylation sites is 2. The summed E-state index contributed by atoms with van der Waals surface area (Å²) in [6.45, 7) is 0.256. The fourth-order valence-corrected chi connectivity index (χ4v) is 4.13. The lowest BCUT2D eigenvalue weighted by Gasteiger charge is -2.11. The highest BCUT2D eigenvalue weighted by molar-refractivity contribution is 7.99. The number of fused-ring (bicyclic) bond motifs is 1. The van der Waals surface area contributed by atoms with Crippen molar-refractivity contribution < 1.29 is 22.7 Å². The first-order valence-corrected chi connectivity index (χ1v) is 10.3. The van der Waals surface area contributed by atoms with Crippen molar-refractivity contribution in [3.05, 3.63) is 76.7 Å². The maximum atomic E-state index is 12.9. The van der Waals surface area contributed by atoms with Gasteiger partial charge in [0.05, 0.1) is 46.5 Å². The summed E-state index contributed by atoms with van der Waals surface area (Å²) >= 11 is 7.13. The van der Waals surface area contributed by atoms with Gasteiger partial charge < -0.3 is 9.30 Å². The first kappa shape index (κ1) is 22.1. The van der Waals surface area contributed by atoms with E-state index in [0.29, 0.717) is 21.9 Å². The lowest BCUT2D eigenvalue weighted by molar-refractivity contribution is -0.137. The zero-order chi connectivity index (χ0) is 22.9. The molecule has 0 fully saturated rings. The molecule has 0 N–H and O–H groups in total. The van der Waals surface area contributed by atoms with Gasteiger partial charge in [-0.25, -0.2) is 14.8 Å². The van der Waals surface area contributed by atoms with Crippen LogP contribution in [0.15, 0.2) is 65.0 Å². The van der Waals surface area contributed by atoms with Gasteiger partial charge in [-0.1, -0.05) is 23.7 Å². The molecule has 4 rings (SSSR count). The van der Waals surface area contributed by atoms with Crippen LogP contribution >= 0.6 is 23.4 Å². The van der Waals surface area contributed by atoms with Gasteiger partial charge in [0.25, 0.3) is 0 Å². The number of ether oxygens (including phenoxy) is 1. The number of imidazole rings is 1. The summed E-state index contributed by atoms with van der Waals surface area (Å²) in [7, 11) is 1.29. The number of halogens is 4. The number of alkyl halides is 3. The Morgan fingerprint density at radius 1 is 1.19 bits per heavy atom. The summed E-state index contributed by atoms with van der Waals surface area (Å²) in [6, 6.07) is 11.3. The number of benzene rings is 1. The van der Waals surface area contributed by atoms with Gasteiger partial charge in [-0.15, -0.1) is 0 Å². The molecule has 0 atom stereocenters. The summed E-state index contributed by atoms with van der Waals surface area (Å²) < 4.78 is 45.4. The van der Waals surface area contributed by atoms with Crippen LogP contribution in [0, 0.1) is 0 Å². The van der Waals surface area contributed by atoms with E-state index in [1.807, 2.05) is 28.8 Å². The van der Waals surface area contributed by atoms with Crippen molar-refractivity contribution in [3.8, 4) is 0 Å². The Bertz CT molecular complexity index is 1310. The van der Waals surface area contributed by atoms with Crippen molar-refractivity contribution in [2.45, 2.75) is 22.9 Å². The molecule has 0 spiro atoms. The Morgan fingerprint density at radius 2 is 1.97 bits per heavy atom. The molecule has 0 amide bonds. The highest BCUT2D eigenvalue weighted by atomic mass is 35.5. The molecule has 0 aliphatic heterocycles. The number of nitrogens with zero attached hydrogens (tertiary/aromatic N) is 4. The van der Waals surface area contributed by atoms with Crippen LogP contribution in [0.2, 0.25) is 5.02 Å². The number of rotatable bonds is 5. The third-order valence-electron chi connectivity index (χ3n) is 4.50. The van der Waals surface area contributed by atoms with Crippen LogP contribution in [0.25, 0.3) is 11.0 Å². The second kappa shape index (κ2) is 8.79. The molecule has 11 heteroatoms. The van der Waals surface area contributed by atoms with Crippen molar-refractivity contribution in [2.24, 2.45) is 0 Å². The fraction of sp³-hybridized carbons (Fsp3) is 0.143. The van der Waals surface area contributed by atoms with E-state index in [2.05, 4.69) is 15.0 Å². The van der Waals surface area contributed by atoms with Gasteiger partial charge in [0.15, 0.2) is 5.16 Å². The second-order valence-corrected chi connectivity index (χ2v) is 7.97. The highest BCUT2D eigenvalue weighted by Gasteiger charge is 2.31. The molecule has 0 aliphatic carbocycles.